The lowest BCUT2D eigenvalue weighted by atomic mass is 10.1. The van der Waals surface area contributed by atoms with E-state index in [2.05, 4.69) is 0 Å². The first-order valence-corrected chi connectivity index (χ1v) is 6.89. The second-order valence-corrected chi connectivity index (χ2v) is 5.45. The van der Waals surface area contributed by atoms with E-state index in [-0.39, 0.29) is 0 Å². The Morgan fingerprint density at radius 2 is 1.58 bits per heavy atom. The Hall–Kier alpha value is -0.870. The summed E-state index contributed by atoms with van der Waals surface area (Å²) in [5.74, 6) is -2.32. The Bertz CT molecular complexity index is 367. The molecule has 0 aliphatic heterocycles. The maximum absolute atomic E-state index is 11.2. The van der Waals surface area contributed by atoms with Gasteiger partial charge >= 0.3 is 7.60 Å². The fourth-order valence-corrected chi connectivity index (χ4v) is 1.56. The van der Waals surface area contributed by atoms with Crippen LogP contribution in [0.1, 0.15) is 6.42 Å². The largest absolute Gasteiger partial charge is 0.394 e. The third kappa shape index (κ3) is 8.01. The number of aliphatic hydroxyl groups excluding tert-OH is 4. The molecule has 0 saturated carbocycles. The van der Waals surface area contributed by atoms with E-state index < -0.39 is 56.9 Å². The van der Waals surface area contributed by atoms with E-state index >= 15 is 0 Å². The molecule has 0 spiro atoms. The number of carbonyl (C=O) groups excluding carboxylic acids is 2. The van der Waals surface area contributed by atoms with Crippen molar-refractivity contribution < 1.29 is 44.4 Å². The molecule has 0 bridgehead atoms. The Balaban J connectivity index is 4.25. The van der Waals surface area contributed by atoms with Crippen LogP contribution in [0.2, 0.25) is 0 Å². The van der Waals surface area contributed by atoms with E-state index in [1.165, 1.54) is 0 Å². The molecule has 7 N–H and O–H groups in total. The van der Waals surface area contributed by atoms with E-state index in [0.717, 1.165) is 0 Å². The molecule has 10 nitrogen and oxygen atoms in total. The second kappa shape index (κ2) is 7.65. The summed E-state index contributed by atoms with van der Waals surface area (Å²) in [6, 6.07) is 0. The van der Waals surface area contributed by atoms with Crippen molar-refractivity contribution in [1.82, 2.24) is 5.32 Å². The third-order valence-corrected chi connectivity index (χ3v) is 2.70. The number of nitrogens with one attached hydrogen (secondary N) is 1. The predicted octanol–water partition coefficient (Wildman–Crippen LogP) is -3.73. The maximum atomic E-state index is 11.2. The highest BCUT2D eigenvalue weighted by Gasteiger charge is 2.27. The summed E-state index contributed by atoms with van der Waals surface area (Å²) in [5.41, 5.74) is 0. The van der Waals surface area contributed by atoms with Crippen molar-refractivity contribution >= 4 is 19.4 Å². The van der Waals surface area contributed by atoms with Crippen molar-refractivity contribution in [2.75, 3.05) is 12.8 Å². The van der Waals surface area contributed by atoms with Crippen LogP contribution in [-0.4, -0.2) is 73.1 Å². The normalized spacial score (nSPS) is 16.5. The summed E-state index contributed by atoms with van der Waals surface area (Å²) in [7, 11) is -4.60. The van der Waals surface area contributed by atoms with Crippen molar-refractivity contribution in [3.63, 3.8) is 0 Å². The van der Waals surface area contributed by atoms with Crippen LogP contribution in [0.15, 0.2) is 0 Å². The molecule has 0 rings (SSSR count). The highest BCUT2D eigenvalue weighted by molar-refractivity contribution is 7.52. The van der Waals surface area contributed by atoms with Crippen molar-refractivity contribution in [3.05, 3.63) is 0 Å². The average Bonchev–Trinajstić information content (AvgIpc) is 2.23. The molecule has 2 amide bonds. The molecule has 19 heavy (non-hydrogen) atoms. The molecular weight excluding hydrogens is 285 g/mol. The minimum absolute atomic E-state index is 0.787. The van der Waals surface area contributed by atoms with Crippen LogP contribution in [-0.2, 0) is 14.2 Å². The van der Waals surface area contributed by atoms with Gasteiger partial charge in [-0.2, -0.15) is 0 Å². The van der Waals surface area contributed by atoms with Gasteiger partial charge in [0.15, 0.2) is 0 Å². The van der Waals surface area contributed by atoms with Gasteiger partial charge in [0, 0.05) is 0 Å². The standard InChI is InChI=1S/C8H16NO9P/c10-2-5(12)8(15)4(11)1-6(13)9-7(14)3-19(16,17)18/h4-5,8,10-12,15H,1-3H2,(H,9,13,14)(H2,16,17,18)/t4-,5-,8+/m1/s1. The highest BCUT2D eigenvalue weighted by atomic mass is 31.2. The number of imide groups is 1. The van der Waals surface area contributed by atoms with Gasteiger partial charge in [-0.25, -0.2) is 0 Å². The molecule has 0 heterocycles. The van der Waals surface area contributed by atoms with E-state index in [1.807, 2.05) is 0 Å². The average molecular weight is 301 g/mol. The van der Waals surface area contributed by atoms with E-state index in [9.17, 15) is 24.4 Å². The van der Waals surface area contributed by atoms with Crippen molar-refractivity contribution in [2.45, 2.75) is 24.7 Å². The van der Waals surface area contributed by atoms with Crippen molar-refractivity contribution in [2.24, 2.45) is 0 Å². The zero-order valence-electron chi connectivity index (χ0n) is 9.71. The number of hydrogen-bond donors (Lipinski definition) is 7. The van der Waals surface area contributed by atoms with Crippen LogP contribution in [0.25, 0.3) is 0 Å². The summed E-state index contributed by atoms with van der Waals surface area (Å²) >= 11 is 0. The Morgan fingerprint density at radius 3 is 2.00 bits per heavy atom. The first kappa shape index (κ1) is 18.1. The number of carbonyl (C=O) groups is 2. The molecule has 0 aliphatic carbocycles. The van der Waals surface area contributed by atoms with Gasteiger partial charge in [0.2, 0.25) is 11.8 Å². The van der Waals surface area contributed by atoms with Crippen LogP contribution in [0.4, 0.5) is 0 Å². The molecule has 112 valence electrons. The monoisotopic (exact) mass is 301 g/mol. The Morgan fingerprint density at radius 1 is 1.05 bits per heavy atom. The first-order chi connectivity index (χ1) is 8.56. The Kier molecular flexibility index (Phi) is 7.30. The van der Waals surface area contributed by atoms with Crippen LogP contribution in [0.5, 0.6) is 0 Å². The van der Waals surface area contributed by atoms with E-state index in [4.69, 9.17) is 20.0 Å². The Labute approximate surface area is 107 Å². The topological polar surface area (TPSA) is 185 Å². The lowest BCUT2D eigenvalue weighted by Gasteiger charge is -2.20. The predicted molar refractivity (Wildman–Crippen MR) is 59.8 cm³/mol. The zero-order chi connectivity index (χ0) is 15.2. The number of amides is 2. The fourth-order valence-electron chi connectivity index (χ4n) is 1.11. The summed E-state index contributed by atoms with van der Waals surface area (Å²) in [6.45, 7) is -0.836. The fraction of sp³-hybridized carbons (Fsp3) is 0.750. The molecule has 0 aliphatic rings. The molecule has 0 aromatic heterocycles. The summed E-state index contributed by atoms with van der Waals surface area (Å²) in [5, 5.41) is 37.6. The zero-order valence-corrected chi connectivity index (χ0v) is 10.6. The quantitative estimate of drug-likeness (QED) is 0.232. The number of aliphatic hydroxyl groups is 4. The van der Waals surface area contributed by atoms with Gasteiger partial charge in [0.25, 0.3) is 0 Å². The molecule has 0 saturated heterocycles. The van der Waals surface area contributed by atoms with E-state index in [1.54, 1.807) is 5.32 Å². The molecule has 0 aromatic carbocycles. The first-order valence-electron chi connectivity index (χ1n) is 5.09. The van der Waals surface area contributed by atoms with Crippen LogP contribution < -0.4 is 5.32 Å². The van der Waals surface area contributed by atoms with Gasteiger partial charge in [-0.15, -0.1) is 0 Å². The molecule has 0 unspecified atom stereocenters. The highest BCUT2D eigenvalue weighted by Crippen LogP contribution is 2.33. The third-order valence-electron chi connectivity index (χ3n) is 2.00. The van der Waals surface area contributed by atoms with Gasteiger partial charge in [0.1, 0.15) is 18.4 Å². The van der Waals surface area contributed by atoms with E-state index in [0.29, 0.717) is 0 Å². The number of hydrogen-bond acceptors (Lipinski definition) is 7. The van der Waals surface area contributed by atoms with Gasteiger partial charge in [-0.05, 0) is 0 Å². The smallest absolute Gasteiger partial charge is 0.334 e. The summed E-state index contributed by atoms with van der Waals surface area (Å²) < 4.78 is 10.5. The SMILES string of the molecule is O=C(C[C@@H](O)[C@H](O)[C@H](O)CO)NC(=O)CP(=O)(O)O. The van der Waals surface area contributed by atoms with Crippen molar-refractivity contribution in [1.29, 1.82) is 0 Å². The minimum atomic E-state index is -4.60. The van der Waals surface area contributed by atoms with Gasteiger partial charge in [-0.1, -0.05) is 0 Å². The molecule has 3 atom stereocenters. The lowest BCUT2D eigenvalue weighted by molar-refractivity contribution is -0.133. The van der Waals surface area contributed by atoms with Crippen LogP contribution in [0.3, 0.4) is 0 Å². The molecule has 11 heteroatoms. The molecule has 0 fully saturated rings. The van der Waals surface area contributed by atoms with Crippen LogP contribution in [0, 0.1) is 0 Å². The van der Waals surface area contributed by atoms with Crippen molar-refractivity contribution in [3.8, 4) is 0 Å². The second-order valence-electron chi connectivity index (χ2n) is 3.81. The van der Waals surface area contributed by atoms with Crippen LogP contribution >= 0.6 is 7.60 Å². The summed E-state index contributed by atoms with van der Waals surface area (Å²) in [4.78, 5) is 39.0. The molecule has 0 radical (unpaired) electrons. The lowest BCUT2D eigenvalue weighted by Crippen LogP contribution is -2.43. The number of rotatable bonds is 7. The summed E-state index contributed by atoms with van der Waals surface area (Å²) in [6.07, 6.45) is -7.17. The maximum Gasteiger partial charge on any atom is 0.334 e. The molecular formula is C8H16NO9P. The minimum Gasteiger partial charge on any atom is -0.394 e. The van der Waals surface area contributed by atoms with Gasteiger partial charge in [-0.3, -0.25) is 19.5 Å². The van der Waals surface area contributed by atoms with Gasteiger partial charge in [0.05, 0.1) is 19.1 Å². The van der Waals surface area contributed by atoms with Gasteiger partial charge < -0.3 is 30.2 Å². The molecule has 0 aromatic rings.